The molecule has 1 N–H and O–H groups in total. The summed E-state index contributed by atoms with van der Waals surface area (Å²) in [6.45, 7) is 4.36. The largest absolute Gasteiger partial charge is 0.384 e. The molecular weight excluding hydrogens is 252 g/mol. The van der Waals surface area contributed by atoms with Crippen LogP contribution in [0.15, 0.2) is 42.5 Å². The van der Waals surface area contributed by atoms with Crippen LogP contribution in [0.3, 0.4) is 0 Å². The molecule has 1 saturated heterocycles. The van der Waals surface area contributed by atoms with E-state index in [4.69, 9.17) is 0 Å². The van der Waals surface area contributed by atoms with Crippen LogP contribution in [0.25, 0.3) is 10.8 Å². The normalized spacial score (nSPS) is 26.5. The van der Waals surface area contributed by atoms with Crippen molar-refractivity contribution < 1.29 is 5.11 Å². The minimum atomic E-state index is -0.722. The second-order valence-corrected chi connectivity index (χ2v) is 7.21. The first-order valence-electron chi connectivity index (χ1n) is 6.82. The lowest BCUT2D eigenvalue weighted by Gasteiger charge is -2.46. The third-order valence-electron chi connectivity index (χ3n) is 4.53. The summed E-state index contributed by atoms with van der Waals surface area (Å²) in [5.74, 6) is 1.93. The Labute approximate surface area is 119 Å². The van der Waals surface area contributed by atoms with Crippen LogP contribution in [0.5, 0.6) is 0 Å². The predicted octanol–water partition coefficient (Wildman–Crippen LogP) is 4.19. The number of aliphatic hydroxyl groups is 1. The molecule has 2 heteroatoms. The van der Waals surface area contributed by atoms with Crippen LogP contribution in [-0.2, 0) is 5.60 Å². The molecule has 1 aliphatic heterocycles. The molecule has 2 aromatic rings. The Kier molecular flexibility index (Phi) is 3.11. The van der Waals surface area contributed by atoms with Gasteiger partial charge in [-0.05, 0) is 40.0 Å². The second kappa shape index (κ2) is 4.53. The first-order valence-corrected chi connectivity index (χ1v) is 7.98. The molecule has 0 amide bonds. The van der Waals surface area contributed by atoms with E-state index in [-0.39, 0.29) is 5.41 Å². The van der Waals surface area contributed by atoms with Crippen molar-refractivity contribution in [2.75, 3.05) is 11.5 Å². The standard InChI is InChI=1S/C17H20OS/c1-16(2)9-10-19-12-17(16,18)15-8-7-13-5-3-4-6-14(13)11-15/h3-8,11,18H,9-10,12H2,1-2H3. The van der Waals surface area contributed by atoms with E-state index in [1.807, 2.05) is 11.8 Å². The highest BCUT2D eigenvalue weighted by Crippen LogP contribution is 2.48. The Balaban J connectivity index is 2.12. The number of rotatable bonds is 1. The van der Waals surface area contributed by atoms with Gasteiger partial charge in [-0.1, -0.05) is 50.2 Å². The van der Waals surface area contributed by atoms with Gasteiger partial charge in [0.05, 0.1) is 0 Å². The topological polar surface area (TPSA) is 20.2 Å². The maximum absolute atomic E-state index is 11.2. The minimum absolute atomic E-state index is 0.0687. The quantitative estimate of drug-likeness (QED) is 0.840. The highest BCUT2D eigenvalue weighted by atomic mass is 32.2. The zero-order valence-electron chi connectivity index (χ0n) is 11.5. The average Bonchev–Trinajstić information content (AvgIpc) is 2.41. The number of hydrogen-bond donors (Lipinski definition) is 1. The molecule has 0 bridgehead atoms. The van der Waals surface area contributed by atoms with Gasteiger partial charge in [0.15, 0.2) is 0 Å². The van der Waals surface area contributed by atoms with Gasteiger partial charge in [0, 0.05) is 5.75 Å². The smallest absolute Gasteiger partial charge is 0.104 e. The van der Waals surface area contributed by atoms with E-state index < -0.39 is 5.60 Å². The summed E-state index contributed by atoms with van der Waals surface area (Å²) in [6, 6.07) is 14.7. The maximum Gasteiger partial charge on any atom is 0.104 e. The third kappa shape index (κ3) is 2.07. The van der Waals surface area contributed by atoms with Gasteiger partial charge >= 0.3 is 0 Å². The number of hydrogen-bond acceptors (Lipinski definition) is 2. The van der Waals surface area contributed by atoms with Gasteiger partial charge in [-0.25, -0.2) is 0 Å². The molecule has 1 fully saturated rings. The van der Waals surface area contributed by atoms with E-state index in [2.05, 4.69) is 56.3 Å². The van der Waals surface area contributed by atoms with Crippen LogP contribution < -0.4 is 0 Å². The van der Waals surface area contributed by atoms with Crippen molar-refractivity contribution in [3.63, 3.8) is 0 Å². The second-order valence-electron chi connectivity index (χ2n) is 6.11. The molecule has 0 aromatic heterocycles. The van der Waals surface area contributed by atoms with Gasteiger partial charge in [-0.2, -0.15) is 11.8 Å². The van der Waals surface area contributed by atoms with Crippen molar-refractivity contribution in [1.82, 2.24) is 0 Å². The summed E-state index contributed by atoms with van der Waals surface area (Å²) in [5, 5.41) is 13.6. The lowest BCUT2D eigenvalue weighted by molar-refractivity contribution is -0.0577. The monoisotopic (exact) mass is 272 g/mol. The summed E-state index contributed by atoms with van der Waals surface area (Å²) in [5.41, 5.74) is 0.268. The van der Waals surface area contributed by atoms with Crippen molar-refractivity contribution in [2.24, 2.45) is 5.41 Å². The molecule has 1 heterocycles. The molecule has 1 unspecified atom stereocenters. The molecule has 0 saturated carbocycles. The summed E-state index contributed by atoms with van der Waals surface area (Å²) in [6.07, 6.45) is 1.06. The predicted molar refractivity (Wildman–Crippen MR) is 83.6 cm³/mol. The number of thioether (sulfide) groups is 1. The van der Waals surface area contributed by atoms with Gasteiger partial charge < -0.3 is 5.11 Å². The molecule has 3 rings (SSSR count). The SMILES string of the molecule is CC1(C)CCSCC1(O)c1ccc2ccccc2c1. The fraction of sp³-hybridized carbons (Fsp3) is 0.412. The molecule has 0 spiro atoms. The summed E-state index contributed by atoms with van der Waals surface area (Å²) in [4.78, 5) is 0. The Hall–Kier alpha value is -0.990. The van der Waals surface area contributed by atoms with E-state index in [9.17, 15) is 5.11 Å². The van der Waals surface area contributed by atoms with Crippen LogP contribution in [0.1, 0.15) is 25.8 Å². The fourth-order valence-corrected chi connectivity index (χ4v) is 4.52. The molecule has 2 aromatic carbocycles. The Morgan fingerprint density at radius 2 is 1.79 bits per heavy atom. The molecule has 1 nitrogen and oxygen atoms in total. The number of fused-ring (bicyclic) bond motifs is 1. The zero-order chi connectivity index (χ0) is 13.5. The molecule has 1 atom stereocenters. The first-order chi connectivity index (χ1) is 9.03. The molecule has 0 aliphatic carbocycles. The molecule has 100 valence electrons. The van der Waals surface area contributed by atoms with Crippen LogP contribution in [0.4, 0.5) is 0 Å². The summed E-state index contributed by atoms with van der Waals surface area (Å²) in [7, 11) is 0. The third-order valence-corrected chi connectivity index (χ3v) is 5.64. The van der Waals surface area contributed by atoms with E-state index >= 15 is 0 Å². The lowest BCUT2D eigenvalue weighted by Crippen LogP contribution is -2.47. The minimum Gasteiger partial charge on any atom is -0.384 e. The van der Waals surface area contributed by atoms with Gasteiger partial charge in [0.25, 0.3) is 0 Å². The van der Waals surface area contributed by atoms with Gasteiger partial charge in [0.1, 0.15) is 5.60 Å². The van der Waals surface area contributed by atoms with E-state index in [1.54, 1.807) is 0 Å². The molecule has 0 radical (unpaired) electrons. The van der Waals surface area contributed by atoms with Gasteiger partial charge in [0.2, 0.25) is 0 Å². The highest BCUT2D eigenvalue weighted by Gasteiger charge is 2.46. The van der Waals surface area contributed by atoms with Crippen molar-refractivity contribution in [2.45, 2.75) is 25.9 Å². The Morgan fingerprint density at radius 3 is 2.53 bits per heavy atom. The van der Waals surface area contributed by atoms with Crippen molar-refractivity contribution in [3.8, 4) is 0 Å². The molecule has 1 aliphatic rings. The van der Waals surface area contributed by atoms with E-state index in [0.29, 0.717) is 0 Å². The highest BCUT2D eigenvalue weighted by molar-refractivity contribution is 7.99. The van der Waals surface area contributed by atoms with Crippen molar-refractivity contribution in [1.29, 1.82) is 0 Å². The summed E-state index contributed by atoms with van der Waals surface area (Å²) < 4.78 is 0. The van der Waals surface area contributed by atoms with Crippen LogP contribution >= 0.6 is 11.8 Å². The Bertz CT molecular complexity index is 605. The van der Waals surface area contributed by atoms with Gasteiger partial charge in [-0.3, -0.25) is 0 Å². The maximum atomic E-state index is 11.2. The van der Waals surface area contributed by atoms with E-state index in [0.717, 1.165) is 23.5 Å². The number of benzene rings is 2. The van der Waals surface area contributed by atoms with Crippen LogP contribution in [0, 0.1) is 5.41 Å². The lowest BCUT2D eigenvalue weighted by atomic mass is 9.69. The molecule has 19 heavy (non-hydrogen) atoms. The van der Waals surface area contributed by atoms with Crippen LogP contribution in [-0.4, -0.2) is 16.6 Å². The van der Waals surface area contributed by atoms with Crippen molar-refractivity contribution >= 4 is 22.5 Å². The summed E-state index contributed by atoms with van der Waals surface area (Å²) >= 11 is 1.85. The average molecular weight is 272 g/mol. The first kappa shape index (κ1) is 13.0. The fourth-order valence-electron chi connectivity index (χ4n) is 2.87. The van der Waals surface area contributed by atoms with Crippen LogP contribution in [0.2, 0.25) is 0 Å². The zero-order valence-corrected chi connectivity index (χ0v) is 12.3. The molecular formula is C17H20OS. The Morgan fingerprint density at radius 1 is 1.05 bits per heavy atom. The van der Waals surface area contributed by atoms with Crippen molar-refractivity contribution in [3.05, 3.63) is 48.0 Å². The van der Waals surface area contributed by atoms with E-state index in [1.165, 1.54) is 10.8 Å². The van der Waals surface area contributed by atoms with Gasteiger partial charge in [-0.15, -0.1) is 0 Å².